The number of rotatable bonds is 10. The van der Waals surface area contributed by atoms with E-state index in [-0.39, 0.29) is 22.6 Å². The van der Waals surface area contributed by atoms with Gasteiger partial charge in [-0.15, -0.1) is 0 Å². The minimum Gasteiger partial charge on any atom is -0.497 e. The third-order valence-electron chi connectivity index (χ3n) is 9.28. The van der Waals surface area contributed by atoms with Crippen molar-refractivity contribution in [1.82, 2.24) is 20.1 Å². The molecule has 9 nitrogen and oxygen atoms in total. The van der Waals surface area contributed by atoms with E-state index in [0.717, 1.165) is 55.3 Å². The molecule has 2 aromatic carbocycles. The molecule has 0 N–H and O–H groups in total. The SMILES string of the molecule is CCOc1ncc(-c2cccc(N(CC34CCC(c5noc(C(C)(C)F)n5)(CC3)CC4)C(=O)c3ccc(OC)cc3)c2)cn1. The molecule has 3 fully saturated rings. The Morgan fingerprint density at radius 2 is 1.68 bits per heavy atom. The number of amides is 1. The molecule has 0 atom stereocenters. The Bertz CT molecular complexity index is 1590. The first-order valence-electron chi connectivity index (χ1n) is 15.2. The smallest absolute Gasteiger partial charge is 0.316 e. The molecule has 1 amide bonds. The second-order valence-corrected chi connectivity index (χ2v) is 12.5. The molecule has 0 aliphatic heterocycles. The van der Waals surface area contributed by atoms with E-state index in [1.165, 1.54) is 13.8 Å². The quantitative estimate of drug-likeness (QED) is 0.191. The summed E-state index contributed by atoms with van der Waals surface area (Å²) in [5.74, 6) is 1.26. The fourth-order valence-corrected chi connectivity index (χ4v) is 6.54. The lowest BCUT2D eigenvalue weighted by atomic mass is 9.53. The number of hydrogen-bond donors (Lipinski definition) is 0. The maximum Gasteiger partial charge on any atom is 0.316 e. The van der Waals surface area contributed by atoms with E-state index in [1.54, 1.807) is 19.5 Å². The van der Waals surface area contributed by atoms with E-state index in [2.05, 4.69) is 20.1 Å². The van der Waals surface area contributed by atoms with Gasteiger partial charge in [0.05, 0.1) is 13.7 Å². The van der Waals surface area contributed by atoms with Gasteiger partial charge in [0, 0.05) is 41.2 Å². The zero-order chi connectivity index (χ0) is 31.0. The number of ether oxygens (including phenoxy) is 2. The van der Waals surface area contributed by atoms with E-state index in [0.29, 0.717) is 36.3 Å². The highest BCUT2D eigenvalue weighted by molar-refractivity contribution is 6.06. The topological polar surface area (TPSA) is 103 Å². The maximum absolute atomic E-state index is 14.5. The summed E-state index contributed by atoms with van der Waals surface area (Å²) >= 11 is 0. The molecule has 0 unspecified atom stereocenters. The number of halogens is 1. The van der Waals surface area contributed by atoms with E-state index >= 15 is 0 Å². The molecular formula is C34H38FN5O4. The maximum atomic E-state index is 14.5. The summed E-state index contributed by atoms with van der Waals surface area (Å²) in [5, 5.41) is 4.22. The lowest BCUT2D eigenvalue weighted by molar-refractivity contribution is 0.0387. The molecule has 230 valence electrons. The first-order chi connectivity index (χ1) is 21.1. The molecule has 3 saturated carbocycles. The summed E-state index contributed by atoms with van der Waals surface area (Å²) in [5.41, 5.74) is 1.19. The van der Waals surface area contributed by atoms with Crippen molar-refractivity contribution >= 4 is 11.6 Å². The lowest BCUT2D eigenvalue weighted by Gasteiger charge is -2.53. The molecule has 44 heavy (non-hydrogen) atoms. The van der Waals surface area contributed by atoms with Crippen LogP contribution in [-0.4, -0.2) is 46.3 Å². The van der Waals surface area contributed by atoms with Gasteiger partial charge in [0.15, 0.2) is 11.5 Å². The molecule has 3 aliphatic carbocycles. The Labute approximate surface area is 256 Å². The first kappa shape index (κ1) is 29.7. The van der Waals surface area contributed by atoms with Gasteiger partial charge in [0.2, 0.25) is 0 Å². The largest absolute Gasteiger partial charge is 0.497 e. The standard InChI is InChI=1S/C34H38FN5O4/c1-5-43-31-36-20-25(21-37-31)24-7-6-8-26(19-24)40(28(41)23-9-11-27(42-4)12-10-23)22-33-13-16-34(17-14-33,18-15-33)29-38-30(44-39-29)32(2,3)35/h6-12,19-21H,5,13-18,22H2,1-4H3. The Hall–Kier alpha value is -4.34. The van der Waals surface area contributed by atoms with Crippen molar-refractivity contribution in [2.24, 2.45) is 5.41 Å². The van der Waals surface area contributed by atoms with Crippen LogP contribution in [0.4, 0.5) is 10.1 Å². The fourth-order valence-electron chi connectivity index (χ4n) is 6.54. The highest BCUT2D eigenvalue weighted by Gasteiger charge is 2.52. The summed E-state index contributed by atoms with van der Waals surface area (Å²) in [6.45, 7) is 5.82. The van der Waals surface area contributed by atoms with E-state index in [4.69, 9.17) is 14.0 Å². The van der Waals surface area contributed by atoms with E-state index < -0.39 is 5.67 Å². The van der Waals surface area contributed by atoms with Crippen molar-refractivity contribution in [2.45, 2.75) is 70.4 Å². The average Bonchev–Trinajstić information content (AvgIpc) is 3.58. The number of carbonyl (C=O) groups is 1. The Morgan fingerprint density at radius 3 is 2.27 bits per heavy atom. The molecular weight excluding hydrogens is 561 g/mol. The molecule has 10 heteroatoms. The molecule has 0 spiro atoms. The van der Waals surface area contributed by atoms with Crippen molar-refractivity contribution in [3.05, 3.63) is 78.2 Å². The molecule has 7 rings (SSSR count). The van der Waals surface area contributed by atoms with Crippen LogP contribution in [0.1, 0.15) is 81.4 Å². The average molecular weight is 600 g/mol. The number of aromatic nitrogens is 4. The lowest BCUT2D eigenvalue weighted by Crippen LogP contribution is -2.51. The number of anilines is 1. The Morgan fingerprint density at radius 1 is 1.00 bits per heavy atom. The van der Waals surface area contributed by atoms with Crippen molar-refractivity contribution in [2.75, 3.05) is 25.2 Å². The number of alkyl halides is 1. The predicted molar refractivity (Wildman–Crippen MR) is 164 cm³/mol. The molecule has 2 aromatic heterocycles. The summed E-state index contributed by atoms with van der Waals surface area (Å²) in [6.07, 6.45) is 8.81. The molecule has 2 bridgehead atoms. The number of carbonyl (C=O) groups excluding carboxylic acids is 1. The van der Waals surface area contributed by atoms with Gasteiger partial charge in [-0.3, -0.25) is 4.79 Å². The van der Waals surface area contributed by atoms with Gasteiger partial charge in [-0.05, 0) is 107 Å². The van der Waals surface area contributed by atoms with Crippen LogP contribution in [0.5, 0.6) is 11.8 Å². The number of nitrogens with zero attached hydrogens (tertiary/aromatic N) is 5. The zero-order valence-corrected chi connectivity index (χ0v) is 25.7. The van der Waals surface area contributed by atoms with Gasteiger partial charge in [0.1, 0.15) is 5.75 Å². The van der Waals surface area contributed by atoms with Crippen molar-refractivity contribution < 1.29 is 23.2 Å². The summed E-state index contributed by atoms with van der Waals surface area (Å²) < 4.78 is 30.6. The summed E-state index contributed by atoms with van der Waals surface area (Å²) in [7, 11) is 1.61. The number of hydrogen-bond acceptors (Lipinski definition) is 8. The van der Waals surface area contributed by atoms with Crippen LogP contribution >= 0.6 is 0 Å². The van der Waals surface area contributed by atoms with Crippen LogP contribution in [0.15, 0.2) is 65.4 Å². The van der Waals surface area contributed by atoms with Crippen LogP contribution in [-0.2, 0) is 11.1 Å². The van der Waals surface area contributed by atoms with Gasteiger partial charge < -0.3 is 18.9 Å². The normalized spacial score (nSPS) is 21.2. The van der Waals surface area contributed by atoms with Gasteiger partial charge in [0.25, 0.3) is 11.8 Å². The monoisotopic (exact) mass is 599 g/mol. The predicted octanol–water partition coefficient (Wildman–Crippen LogP) is 7.08. The third kappa shape index (κ3) is 5.77. The summed E-state index contributed by atoms with van der Waals surface area (Å²) in [4.78, 5) is 29.3. The van der Waals surface area contributed by atoms with Crippen LogP contribution in [0.3, 0.4) is 0 Å². The Kier molecular flexibility index (Phi) is 7.86. The van der Waals surface area contributed by atoms with Gasteiger partial charge in [-0.25, -0.2) is 14.4 Å². The van der Waals surface area contributed by atoms with Crippen LogP contribution in [0, 0.1) is 5.41 Å². The second-order valence-electron chi connectivity index (χ2n) is 12.5. The van der Waals surface area contributed by atoms with Crippen molar-refractivity contribution in [3.63, 3.8) is 0 Å². The van der Waals surface area contributed by atoms with Crippen LogP contribution in [0.2, 0.25) is 0 Å². The minimum atomic E-state index is -1.68. The van der Waals surface area contributed by atoms with Gasteiger partial charge in [-0.1, -0.05) is 17.3 Å². The summed E-state index contributed by atoms with van der Waals surface area (Å²) in [6, 6.07) is 15.5. The van der Waals surface area contributed by atoms with Crippen LogP contribution in [0.25, 0.3) is 11.1 Å². The van der Waals surface area contributed by atoms with Crippen LogP contribution < -0.4 is 14.4 Å². The second kappa shape index (κ2) is 11.6. The molecule has 3 aliphatic rings. The third-order valence-corrected chi connectivity index (χ3v) is 9.28. The van der Waals surface area contributed by atoms with Gasteiger partial charge >= 0.3 is 6.01 Å². The van der Waals surface area contributed by atoms with Crippen molar-refractivity contribution in [3.8, 4) is 22.9 Å². The minimum absolute atomic E-state index is 0.0263. The van der Waals surface area contributed by atoms with Crippen molar-refractivity contribution in [1.29, 1.82) is 0 Å². The number of fused-ring (bicyclic) bond motifs is 3. The van der Waals surface area contributed by atoms with Gasteiger partial charge in [-0.2, -0.15) is 4.98 Å². The zero-order valence-electron chi connectivity index (χ0n) is 25.7. The van der Waals surface area contributed by atoms with E-state index in [9.17, 15) is 9.18 Å². The molecule has 2 heterocycles. The number of benzene rings is 2. The first-order valence-corrected chi connectivity index (χ1v) is 15.2. The van der Waals surface area contributed by atoms with E-state index in [1.807, 2.05) is 60.4 Å². The number of methoxy groups -OCH3 is 1. The molecule has 4 aromatic rings. The highest BCUT2D eigenvalue weighted by atomic mass is 19.1. The molecule has 0 radical (unpaired) electrons. The molecule has 0 saturated heterocycles. The Balaban J connectivity index is 1.29. The highest BCUT2D eigenvalue weighted by Crippen LogP contribution is 2.57. The fraction of sp³-hybridized carbons (Fsp3) is 0.441.